The Morgan fingerprint density at radius 3 is 2.69 bits per heavy atom. The summed E-state index contributed by atoms with van der Waals surface area (Å²) in [7, 11) is 0. The molecule has 3 aromatic rings. The second-order valence-corrected chi connectivity index (χ2v) is 7.09. The summed E-state index contributed by atoms with van der Waals surface area (Å²) in [6.07, 6.45) is 3.86. The number of aromatic nitrogens is 3. The van der Waals surface area contributed by atoms with Crippen LogP contribution in [0.25, 0.3) is 5.65 Å². The molecular formula is C20H22N6O3. The zero-order valence-electron chi connectivity index (χ0n) is 15.9. The van der Waals surface area contributed by atoms with Crippen LogP contribution in [-0.4, -0.2) is 45.1 Å². The zero-order chi connectivity index (χ0) is 20.2. The fourth-order valence-electron chi connectivity index (χ4n) is 3.77. The number of rotatable bonds is 6. The van der Waals surface area contributed by atoms with Crippen LogP contribution >= 0.6 is 0 Å². The number of fused-ring (bicyclic) bond motifs is 1. The Bertz CT molecular complexity index is 1030. The number of hydrogen-bond acceptors (Lipinski definition) is 6. The Labute approximate surface area is 167 Å². The standard InChI is InChI=1S/C20H22N6O3/c27-20(21-11-8-19-23-22-18-7-3-4-12-25(18)19)15-9-13-24(14-10-15)16-5-1-2-6-17(16)26(28)29/h1-7,12,15H,8-11,13-14H2,(H,21,27). The van der Waals surface area contributed by atoms with Crippen molar-refractivity contribution in [2.75, 3.05) is 24.5 Å². The molecule has 4 rings (SSSR count). The zero-order valence-corrected chi connectivity index (χ0v) is 15.9. The van der Waals surface area contributed by atoms with E-state index in [0.29, 0.717) is 44.6 Å². The minimum atomic E-state index is -0.359. The Morgan fingerprint density at radius 1 is 1.14 bits per heavy atom. The topological polar surface area (TPSA) is 106 Å². The van der Waals surface area contributed by atoms with Crippen molar-refractivity contribution in [1.29, 1.82) is 0 Å². The first-order valence-electron chi connectivity index (χ1n) is 9.68. The largest absolute Gasteiger partial charge is 0.366 e. The van der Waals surface area contributed by atoms with E-state index in [0.717, 1.165) is 11.5 Å². The van der Waals surface area contributed by atoms with Gasteiger partial charge in [-0.3, -0.25) is 19.3 Å². The van der Waals surface area contributed by atoms with Gasteiger partial charge in [-0.1, -0.05) is 18.2 Å². The lowest BCUT2D eigenvalue weighted by Gasteiger charge is -2.32. The molecular weight excluding hydrogens is 372 g/mol. The van der Waals surface area contributed by atoms with Gasteiger partial charge in [0.05, 0.1) is 4.92 Å². The normalized spacial score (nSPS) is 14.8. The Balaban J connectivity index is 1.29. The SMILES string of the molecule is O=C(NCCc1nnc2ccccn12)C1CCN(c2ccccc2[N+](=O)[O-])CC1. The highest BCUT2D eigenvalue weighted by molar-refractivity contribution is 5.79. The Hall–Kier alpha value is -3.49. The van der Waals surface area contributed by atoms with Gasteiger partial charge in [0.25, 0.3) is 5.69 Å². The van der Waals surface area contributed by atoms with Crippen molar-refractivity contribution in [1.82, 2.24) is 19.9 Å². The summed E-state index contributed by atoms with van der Waals surface area (Å²) in [6.45, 7) is 1.74. The van der Waals surface area contributed by atoms with Gasteiger partial charge < -0.3 is 10.2 Å². The number of nitrogens with one attached hydrogen (secondary N) is 1. The van der Waals surface area contributed by atoms with Crippen LogP contribution in [0.5, 0.6) is 0 Å². The highest BCUT2D eigenvalue weighted by Crippen LogP contribution is 2.31. The molecule has 9 nitrogen and oxygen atoms in total. The van der Waals surface area contributed by atoms with Crippen LogP contribution in [0.3, 0.4) is 0 Å². The third-order valence-electron chi connectivity index (χ3n) is 5.32. The molecule has 9 heteroatoms. The number of carbonyl (C=O) groups excluding carboxylic acids is 1. The number of benzene rings is 1. The highest BCUT2D eigenvalue weighted by Gasteiger charge is 2.27. The van der Waals surface area contributed by atoms with Crippen molar-refractivity contribution in [3.8, 4) is 0 Å². The molecule has 2 aromatic heterocycles. The summed E-state index contributed by atoms with van der Waals surface area (Å²) < 4.78 is 1.91. The lowest BCUT2D eigenvalue weighted by molar-refractivity contribution is -0.384. The second-order valence-electron chi connectivity index (χ2n) is 7.09. The van der Waals surface area contributed by atoms with Crippen LogP contribution in [-0.2, 0) is 11.2 Å². The summed E-state index contributed by atoms with van der Waals surface area (Å²) in [6, 6.07) is 12.5. The first-order chi connectivity index (χ1) is 14.1. The van der Waals surface area contributed by atoms with Crippen molar-refractivity contribution in [2.45, 2.75) is 19.3 Å². The lowest BCUT2D eigenvalue weighted by atomic mass is 9.95. The molecule has 1 N–H and O–H groups in total. The molecule has 0 atom stereocenters. The minimum absolute atomic E-state index is 0.0287. The molecule has 1 fully saturated rings. The maximum atomic E-state index is 12.5. The lowest BCUT2D eigenvalue weighted by Crippen LogP contribution is -2.41. The predicted octanol–water partition coefficient (Wildman–Crippen LogP) is 2.21. The third-order valence-corrected chi connectivity index (χ3v) is 5.32. The van der Waals surface area contributed by atoms with Gasteiger partial charge in [0, 0.05) is 44.2 Å². The van der Waals surface area contributed by atoms with Crippen molar-refractivity contribution in [3.63, 3.8) is 0 Å². The molecule has 1 amide bonds. The minimum Gasteiger partial charge on any atom is -0.366 e. The molecule has 1 aliphatic heterocycles. The predicted molar refractivity (Wildman–Crippen MR) is 108 cm³/mol. The van der Waals surface area contributed by atoms with E-state index in [1.807, 2.05) is 33.7 Å². The van der Waals surface area contributed by atoms with Gasteiger partial charge in [0.2, 0.25) is 5.91 Å². The molecule has 1 aromatic carbocycles. The molecule has 0 spiro atoms. The van der Waals surface area contributed by atoms with Gasteiger partial charge in [0.1, 0.15) is 11.5 Å². The Morgan fingerprint density at radius 2 is 1.90 bits per heavy atom. The first-order valence-corrected chi connectivity index (χ1v) is 9.68. The molecule has 1 aliphatic rings. The molecule has 0 unspecified atom stereocenters. The van der Waals surface area contributed by atoms with E-state index in [1.165, 1.54) is 6.07 Å². The number of nitro groups is 1. The number of para-hydroxylation sites is 2. The van der Waals surface area contributed by atoms with Crippen LogP contribution in [0.1, 0.15) is 18.7 Å². The number of carbonyl (C=O) groups is 1. The summed E-state index contributed by atoms with van der Waals surface area (Å²) in [4.78, 5) is 25.4. The van der Waals surface area contributed by atoms with Crippen LogP contribution < -0.4 is 10.2 Å². The number of hydrogen-bond donors (Lipinski definition) is 1. The number of piperidine rings is 1. The third kappa shape index (κ3) is 4.03. The van der Waals surface area contributed by atoms with Crippen molar-refractivity contribution in [3.05, 3.63) is 64.6 Å². The van der Waals surface area contributed by atoms with E-state index in [4.69, 9.17) is 0 Å². The number of amides is 1. The van der Waals surface area contributed by atoms with E-state index in [-0.39, 0.29) is 22.4 Å². The van der Waals surface area contributed by atoms with Gasteiger partial charge in [-0.15, -0.1) is 10.2 Å². The molecule has 150 valence electrons. The van der Waals surface area contributed by atoms with E-state index in [2.05, 4.69) is 15.5 Å². The molecule has 29 heavy (non-hydrogen) atoms. The molecule has 0 saturated carbocycles. The van der Waals surface area contributed by atoms with E-state index >= 15 is 0 Å². The van der Waals surface area contributed by atoms with Gasteiger partial charge in [-0.05, 0) is 31.0 Å². The molecule has 0 radical (unpaired) electrons. The fourth-order valence-corrected chi connectivity index (χ4v) is 3.77. The van der Waals surface area contributed by atoms with Crippen LogP contribution in [0.15, 0.2) is 48.7 Å². The van der Waals surface area contributed by atoms with Gasteiger partial charge in [-0.25, -0.2) is 0 Å². The molecule has 0 aliphatic carbocycles. The highest BCUT2D eigenvalue weighted by atomic mass is 16.6. The number of pyridine rings is 1. The van der Waals surface area contributed by atoms with Crippen LogP contribution in [0, 0.1) is 16.0 Å². The van der Waals surface area contributed by atoms with Crippen molar-refractivity contribution in [2.24, 2.45) is 5.92 Å². The maximum Gasteiger partial charge on any atom is 0.292 e. The molecule has 1 saturated heterocycles. The van der Waals surface area contributed by atoms with Gasteiger partial charge >= 0.3 is 0 Å². The maximum absolute atomic E-state index is 12.5. The van der Waals surface area contributed by atoms with E-state index < -0.39 is 0 Å². The van der Waals surface area contributed by atoms with Crippen LogP contribution in [0.2, 0.25) is 0 Å². The second kappa shape index (κ2) is 8.26. The summed E-state index contributed by atoms with van der Waals surface area (Å²) in [5.41, 5.74) is 1.52. The molecule has 3 heterocycles. The number of nitro benzene ring substituents is 1. The summed E-state index contributed by atoms with van der Waals surface area (Å²) >= 11 is 0. The van der Waals surface area contributed by atoms with Crippen molar-refractivity contribution >= 4 is 22.9 Å². The quantitative estimate of drug-likeness (QED) is 0.508. The first kappa shape index (κ1) is 18.9. The molecule has 0 bridgehead atoms. The van der Waals surface area contributed by atoms with Crippen LogP contribution in [0.4, 0.5) is 11.4 Å². The fraction of sp³-hybridized carbons (Fsp3) is 0.350. The average molecular weight is 394 g/mol. The van der Waals surface area contributed by atoms with E-state index in [1.54, 1.807) is 18.2 Å². The number of nitrogens with zero attached hydrogens (tertiary/aromatic N) is 5. The number of anilines is 1. The average Bonchev–Trinajstić information content (AvgIpc) is 3.17. The van der Waals surface area contributed by atoms with Gasteiger partial charge in [0.15, 0.2) is 5.65 Å². The monoisotopic (exact) mass is 394 g/mol. The smallest absolute Gasteiger partial charge is 0.292 e. The van der Waals surface area contributed by atoms with Gasteiger partial charge in [-0.2, -0.15) is 0 Å². The van der Waals surface area contributed by atoms with Crippen molar-refractivity contribution < 1.29 is 9.72 Å². The Kier molecular flexibility index (Phi) is 5.37. The van der Waals surface area contributed by atoms with E-state index in [9.17, 15) is 14.9 Å². The summed E-state index contributed by atoms with van der Waals surface area (Å²) in [5, 5.41) is 22.5. The summed E-state index contributed by atoms with van der Waals surface area (Å²) in [5.74, 6) is 0.761.